The van der Waals surface area contributed by atoms with Gasteiger partial charge in [0, 0.05) is 6.92 Å². The molecule has 2 heterocycles. The van der Waals surface area contributed by atoms with Gasteiger partial charge in [-0.1, -0.05) is 0 Å². The van der Waals surface area contributed by atoms with Crippen LogP contribution in [-0.2, 0) is 28.5 Å². The van der Waals surface area contributed by atoms with Gasteiger partial charge >= 0.3 is 5.97 Å². The van der Waals surface area contributed by atoms with Crippen molar-refractivity contribution < 1.29 is 64.3 Å². The summed E-state index contributed by atoms with van der Waals surface area (Å²) in [6, 6.07) is -2.80. The van der Waals surface area contributed by atoms with Crippen LogP contribution in [0.1, 0.15) is 13.8 Å². The van der Waals surface area contributed by atoms with E-state index in [1.54, 1.807) is 0 Å². The smallest absolute Gasteiger partial charge is 0.323 e. The third kappa shape index (κ3) is 6.34. The van der Waals surface area contributed by atoms with Gasteiger partial charge in [0.15, 0.2) is 12.6 Å². The molecule has 10 N–H and O–H groups in total. The predicted molar refractivity (Wildman–Crippen MR) is 104 cm³/mol. The summed E-state index contributed by atoms with van der Waals surface area (Å²) < 4.78 is 22.0. The summed E-state index contributed by atoms with van der Waals surface area (Å²) in [5, 5.41) is 71.4. The molecule has 2 aliphatic rings. The van der Waals surface area contributed by atoms with Crippen molar-refractivity contribution in [1.29, 1.82) is 0 Å². The van der Waals surface area contributed by atoms with Gasteiger partial charge in [-0.3, -0.25) is 9.59 Å². The summed E-state index contributed by atoms with van der Waals surface area (Å²) in [4.78, 5) is 23.0. The maximum Gasteiger partial charge on any atom is 0.323 e. The van der Waals surface area contributed by atoms with E-state index in [-0.39, 0.29) is 0 Å². The summed E-state index contributed by atoms with van der Waals surface area (Å²) in [5.41, 5.74) is 5.55. The molecule has 0 bridgehead atoms. The van der Waals surface area contributed by atoms with Gasteiger partial charge in [0.1, 0.15) is 54.8 Å². The average molecular weight is 484 g/mol. The van der Waals surface area contributed by atoms with Crippen LogP contribution in [0.3, 0.4) is 0 Å². The van der Waals surface area contributed by atoms with Gasteiger partial charge in [-0.25, -0.2) is 0 Å². The van der Waals surface area contributed by atoms with Gasteiger partial charge in [0.05, 0.1) is 19.3 Å². The second-order valence-electron chi connectivity index (χ2n) is 7.95. The second kappa shape index (κ2) is 11.8. The van der Waals surface area contributed by atoms with Crippen LogP contribution in [0.4, 0.5) is 0 Å². The topological polar surface area (TPSA) is 251 Å². The number of aliphatic carboxylic acids is 1. The fraction of sp³-hybridized carbons (Fsp3) is 0.889. The Balaban J connectivity index is 2.32. The van der Waals surface area contributed by atoms with Crippen LogP contribution in [0, 0.1) is 0 Å². The van der Waals surface area contributed by atoms with E-state index < -0.39 is 98.6 Å². The molecule has 15 heteroatoms. The molecule has 192 valence electrons. The number of nitrogens with two attached hydrogens (primary N) is 1. The summed E-state index contributed by atoms with van der Waals surface area (Å²) in [7, 11) is 0. The molecule has 2 saturated heterocycles. The number of aliphatic hydroxyl groups excluding tert-OH is 6. The predicted octanol–water partition coefficient (Wildman–Crippen LogP) is -5.43. The first kappa shape index (κ1) is 27.7. The quantitative estimate of drug-likeness (QED) is 0.148. The summed E-state index contributed by atoms with van der Waals surface area (Å²) in [6.07, 6.45) is -15.3. The standard InChI is InChI=1S/C18H32N2O13/c1-5(9(19)16(28)29)30-17-10(20-6(2)23)15(12(25)8(4-22)31-17)33-18-14(27)13(26)11(24)7(3-21)32-18/h5,7-15,17-18,21-22,24-27H,3-4,19H2,1-2H3,(H,20,23)(H,28,29)/t5-,7?,8?,9+,10?,11+,12+,13+,14?,15-,17+,18+/m1/s1. The Labute approximate surface area is 188 Å². The highest BCUT2D eigenvalue weighted by atomic mass is 16.7. The number of rotatable bonds is 9. The lowest BCUT2D eigenvalue weighted by Crippen LogP contribution is -2.68. The second-order valence-corrected chi connectivity index (χ2v) is 7.95. The molecule has 0 radical (unpaired) electrons. The van der Waals surface area contributed by atoms with Crippen molar-refractivity contribution in [2.24, 2.45) is 5.73 Å². The van der Waals surface area contributed by atoms with Crippen molar-refractivity contribution in [2.45, 2.75) is 87.3 Å². The molecular formula is C18H32N2O13. The highest BCUT2D eigenvalue weighted by molar-refractivity contribution is 5.74. The molecule has 1 amide bonds. The number of carboxylic acid groups (broad SMARTS) is 1. The first-order valence-electron chi connectivity index (χ1n) is 10.2. The first-order valence-corrected chi connectivity index (χ1v) is 10.2. The van der Waals surface area contributed by atoms with Gasteiger partial charge in [0.25, 0.3) is 0 Å². The lowest BCUT2D eigenvalue weighted by atomic mass is 9.95. The maximum absolute atomic E-state index is 11.8. The molecule has 33 heavy (non-hydrogen) atoms. The maximum atomic E-state index is 11.8. The molecule has 4 unspecified atom stereocenters. The molecule has 0 saturated carbocycles. The zero-order valence-corrected chi connectivity index (χ0v) is 18.0. The van der Waals surface area contributed by atoms with E-state index in [0.29, 0.717) is 0 Å². The number of hydrogen-bond acceptors (Lipinski definition) is 13. The number of amides is 1. The zero-order chi connectivity index (χ0) is 25.0. The van der Waals surface area contributed by atoms with E-state index in [1.165, 1.54) is 6.92 Å². The van der Waals surface area contributed by atoms with Crippen LogP contribution in [0.2, 0.25) is 0 Å². The highest BCUT2D eigenvalue weighted by Crippen LogP contribution is 2.30. The van der Waals surface area contributed by atoms with Crippen LogP contribution >= 0.6 is 0 Å². The van der Waals surface area contributed by atoms with Crippen LogP contribution in [-0.4, -0.2) is 134 Å². The number of aliphatic hydroxyl groups is 6. The van der Waals surface area contributed by atoms with Crippen molar-refractivity contribution in [3.8, 4) is 0 Å². The van der Waals surface area contributed by atoms with Crippen LogP contribution in [0.25, 0.3) is 0 Å². The van der Waals surface area contributed by atoms with Crippen molar-refractivity contribution in [3.63, 3.8) is 0 Å². The summed E-state index contributed by atoms with van der Waals surface area (Å²) >= 11 is 0. The Kier molecular flexibility index (Phi) is 9.89. The van der Waals surface area contributed by atoms with E-state index in [1.807, 2.05) is 0 Å². The Hall–Kier alpha value is -1.50. The molecule has 2 rings (SSSR count). The lowest BCUT2D eigenvalue weighted by molar-refractivity contribution is -0.347. The molecule has 0 aromatic rings. The molecule has 0 aliphatic carbocycles. The Bertz CT molecular complexity index is 667. The molecule has 12 atom stereocenters. The van der Waals surface area contributed by atoms with Crippen LogP contribution < -0.4 is 11.1 Å². The first-order chi connectivity index (χ1) is 15.4. The third-order valence-corrected chi connectivity index (χ3v) is 5.50. The fourth-order valence-electron chi connectivity index (χ4n) is 3.57. The molecule has 0 spiro atoms. The van der Waals surface area contributed by atoms with E-state index in [0.717, 1.165) is 6.92 Å². The minimum atomic E-state index is -1.82. The third-order valence-electron chi connectivity index (χ3n) is 5.50. The number of hydrogen-bond donors (Lipinski definition) is 9. The number of nitrogens with one attached hydrogen (secondary N) is 1. The van der Waals surface area contributed by atoms with Gasteiger partial charge < -0.3 is 65.7 Å². The van der Waals surface area contributed by atoms with Gasteiger partial charge in [-0.15, -0.1) is 0 Å². The molecule has 2 aliphatic heterocycles. The van der Waals surface area contributed by atoms with Gasteiger partial charge in [0.2, 0.25) is 5.91 Å². The SMILES string of the molecule is CC(=O)NC1[C@@H](O[C@H](C)[C@H](N)C(=O)O)OC(CO)[C@H](O)[C@@H]1O[C@@H]1OC(CO)[C@H](O)[C@H](O)C1O. The van der Waals surface area contributed by atoms with Gasteiger partial charge in [-0.2, -0.15) is 0 Å². The largest absolute Gasteiger partial charge is 0.480 e. The minimum absolute atomic E-state index is 0.621. The van der Waals surface area contributed by atoms with Crippen LogP contribution in [0.15, 0.2) is 0 Å². The van der Waals surface area contributed by atoms with Crippen molar-refractivity contribution >= 4 is 11.9 Å². The zero-order valence-electron chi connectivity index (χ0n) is 18.0. The van der Waals surface area contributed by atoms with E-state index >= 15 is 0 Å². The monoisotopic (exact) mass is 484 g/mol. The Morgan fingerprint density at radius 3 is 2.03 bits per heavy atom. The molecule has 0 aromatic heterocycles. The normalized spacial score (nSPS) is 41.2. The van der Waals surface area contributed by atoms with Crippen molar-refractivity contribution in [2.75, 3.05) is 13.2 Å². The molecular weight excluding hydrogens is 452 g/mol. The van der Waals surface area contributed by atoms with Gasteiger partial charge in [-0.05, 0) is 6.92 Å². The lowest BCUT2D eigenvalue weighted by Gasteiger charge is -2.47. The van der Waals surface area contributed by atoms with Crippen LogP contribution in [0.5, 0.6) is 0 Å². The van der Waals surface area contributed by atoms with E-state index in [2.05, 4.69) is 5.32 Å². The highest BCUT2D eigenvalue weighted by Gasteiger charge is 2.52. The number of carboxylic acids is 1. The van der Waals surface area contributed by atoms with E-state index in [9.17, 15) is 40.2 Å². The Morgan fingerprint density at radius 2 is 1.52 bits per heavy atom. The molecule has 15 nitrogen and oxygen atoms in total. The Morgan fingerprint density at radius 1 is 0.970 bits per heavy atom. The number of carbonyl (C=O) groups excluding carboxylic acids is 1. The van der Waals surface area contributed by atoms with E-state index in [4.69, 9.17) is 29.8 Å². The fourth-order valence-corrected chi connectivity index (χ4v) is 3.57. The average Bonchev–Trinajstić information content (AvgIpc) is 2.76. The van der Waals surface area contributed by atoms with Crippen molar-refractivity contribution in [1.82, 2.24) is 5.32 Å². The summed E-state index contributed by atoms with van der Waals surface area (Å²) in [6.45, 7) is 1.01. The minimum Gasteiger partial charge on any atom is -0.480 e. The number of ether oxygens (including phenoxy) is 4. The molecule has 2 fully saturated rings. The number of carbonyl (C=O) groups is 2. The van der Waals surface area contributed by atoms with Crippen molar-refractivity contribution in [3.05, 3.63) is 0 Å². The molecule has 0 aromatic carbocycles. The summed E-state index contributed by atoms with van der Waals surface area (Å²) in [5.74, 6) is -1.99.